The predicted octanol–water partition coefficient (Wildman–Crippen LogP) is 3.74. The number of hydrogen-bond donors (Lipinski definition) is 2. The summed E-state index contributed by atoms with van der Waals surface area (Å²) < 4.78 is 1.41. The van der Waals surface area contributed by atoms with Gasteiger partial charge in [0.2, 0.25) is 0 Å². The Balaban J connectivity index is 2.48. The van der Waals surface area contributed by atoms with E-state index in [2.05, 4.69) is 32.8 Å². The van der Waals surface area contributed by atoms with Crippen molar-refractivity contribution in [3.8, 4) is 0 Å². The number of hydrogen-bond acceptors (Lipinski definition) is 2. The quantitative estimate of drug-likeness (QED) is 0.834. The van der Waals surface area contributed by atoms with E-state index in [4.69, 9.17) is 12.2 Å². The van der Waals surface area contributed by atoms with Crippen LogP contribution in [-0.2, 0) is 12.8 Å². The van der Waals surface area contributed by atoms with Gasteiger partial charge in [0.05, 0.1) is 0 Å². The first-order valence-electron chi connectivity index (χ1n) is 6.19. The van der Waals surface area contributed by atoms with Crippen molar-refractivity contribution < 1.29 is 0 Å². The Morgan fingerprint density at radius 2 is 2.00 bits per heavy atom. The van der Waals surface area contributed by atoms with Gasteiger partial charge in [0.15, 0.2) is 4.77 Å². The fraction of sp³-hybridized carbons (Fsp3) is 0.286. The van der Waals surface area contributed by atoms with Crippen molar-refractivity contribution >= 4 is 28.1 Å². The summed E-state index contributed by atoms with van der Waals surface area (Å²) in [5, 5.41) is 0. The molecule has 0 unspecified atom stereocenters. The van der Waals surface area contributed by atoms with E-state index in [0.29, 0.717) is 11.2 Å². The van der Waals surface area contributed by atoms with Gasteiger partial charge in [0.1, 0.15) is 0 Å². The van der Waals surface area contributed by atoms with Crippen molar-refractivity contribution in [2.75, 3.05) is 0 Å². The van der Waals surface area contributed by atoms with Gasteiger partial charge in [-0.25, -0.2) is 0 Å². The van der Waals surface area contributed by atoms with Crippen LogP contribution in [0.15, 0.2) is 33.5 Å². The maximum atomic E-state index is 12.1. The van der Waals surface area contributed by atoms with E-state index >= 15 is 0 Å². The van der Waals surface area contributed by atoms with Gasteiger partial charge in [-0.05, 0) is 30.3 Å². The van der Waals surface area contributed by atoms with E-state index < -0.39 is 0 Å². The minimum atomic E-state index is -0.0945. The number of H-pyrrole nitrogens is 2. The SMILES string of the molecule is CCCc1[nH]c(=S)[nH]c(=O)c1Cc1ccccc1Br. The first-order chi connectivity index (χ1) is 9.11. The smallest absolute Gasteiger partial charge is 0.255 e. The Hall–Kier alpha value is -1.20. The molecular weight excluding hydrogens is 324 g/mol. The molecule has 0 amide bonds. The molecule has 0 aliphatic carbocycles. The van der Waals surface area contributed by atoms with E-state index in [1.165, 1.54) is 0 Å². The highest BCUT2D eigenvalue weighted by atomic mass is 79.9. The molecule has 0 fully saturated rings. The lowest BCUT2D eigenvalue weighted by Gasteiger charge is -2.09. The molecule has 0 atom stereocenters. The van der Waals surface area contributed by atoms with Crippen molar-refractivity contribution in [2.45, 2.75) is 26.2 Å². The molecule has 0 aliphatic heterocycles. The zero-order valence-corrected chi connectivity index (χ0v) is 13.0. The van der Waals surface area contributed by atoms with Crippen LogP contribution >= 0.6 is 28.1 Å². The van der Waals surface area contributed by atoms with Gasteiger partial charge in [0.25, 0.3) is 5.56 Å². The summed E-state index contributed by atoms with van der Waals surface area (Å²) in [7, 11) is 0. The molecule has 5 heteroatoms. The highest BCUT2D eigenvalue weighted by Gasteiger charge is 2.10. The molecule has 100 valence electrons. The Morgan fingerprint density at radius 1 is 1.26 bits per heavy atom. The molecule has 2 aromatic rings. The van der Waals surface area contributed by atoms with Crippen molar-refractivity contribution in [1.82, 2.24) is 9.97 Å². The molecule has 2 N–H and O–H groups in total. The zero-order chi connectivity index (χ0) is 13.8. The fourth-order valence-electron chi connectivity index (χ4n) is 2.04. The summed E-state index contributed by atoms with van der Waals surface area (Å²) in [6.07, 6.45) is 2.39. The van der Waals surface area contributed by atoms with Crippen molar-refractivity contribution in [1.29, 1.82) is 0 Å². The minimum absolute atomic E-state index is 0.0945. The Bertz CT molecular complexity index is 690. The number of aryl methyl sites for hydroxylation is 1. The van der Waals surface area contributed by atoms with Crippen LogP contribution in [-0.4, -0.2) is 9.97 Å². The van der Waals surface area contributed by atoms with Gasteiger partial charge >= 0.3 is 0 Å². The Labute approximate surface area is 125 Å². The van der Waals surface area contributed by atoms with E-state index in [0.717, 1.165) is 34.1 Å². The second-order valence-corrected chi connectivity index (χ2v) is 5.65. The molecule has 1 aromatic heterocycles. The average Bonchev–Trinajstić information content (AvgIpc) is 2.36. The summed E-state index contributed by atoms with van der Waals surface area (Å²) >= 11 is 8.54. The molecule has 0 saturated heterocycles. The molecule has 0 spiro atoms. The topological polar surface area (TPSA) is 48.6 Å². The lowest BCUT2D eigenvalue weighted by molar-refractivity contribution is 0.832. The molecule has 1 aromatic carbocycles. The number of benzene rings is 1. The highest BCUT2D eigenvalue weighted by molar-refractivity contribution is 9.10. The number of nitrogens with one attached hydrogen (secondary N) is 2. The lowest BCUT2D eigenvalue weighted by atomic mass is 10.0. The first-order valence-corrected chi connectivity index (χ1v) is 7.39. The second-order valence-electron chi connectivity index (χ2n) is 4.38. The van der Waals surface area contributed by atoms with E-state index in [9.17, 15) is 4.79 Å². The van der Waals surface area contributed by atoms with Gasteiger partial charge < -0.3 is 4.98 Å². The predicted molar refractivity (Wildman–Crippen MR) is 83.2 cm³/mol. The number of aromatic nitrogens is 2. The van der Waals surface area contributed by atoms with E-state index in [-0.39, 0.29) is 5.56 Å². The maximum absolute atomic E-state index is 12.1. The summed E-state index contributed by atoms with van der Waals surface area (Å²) in [6.45, 7) is 2.08. The normalized spacial score (nSPS) is 10.6. The molecule has 1 heterocycles. The van der Waals surface area contributed by atoms with Crippen LogP contribution in [0.2, 0.25) is 0 Å². The van der Waals surface area contributed by atoms with Crippen molar-refractivity contribution in [3.63, 3.8) is 0 Å². The molecule has 19 heavy (non-hydrogen) atoms. The van der Waals surface area contributed by atoms with E-state index in [1.54, 1.807) is 0 Å². The lowest BCUT2D eigenvalue weighted by Crippen LogP contribution is -2.18. The van der Waals surface area contributed by atoms with Crippen LogP contribution in [0.4, 0.5) is 0 Å². The van der Waals surface area contributed by atoms with Gasteiger partial charge in [0, 0.05) is 22.2 Å². The van der Waals surface area contributed by atoms with Crippen LogP contribution in [0.3, 0.4) is 0 Å². The van der Waals surface area contributed by atoms with Crippen LogP contribution in [0.1, 0.15) is 30.2 Å². The van der Waals surface area contributed by atoms with Crippen LogP contribution in [0.25, 0.3) is 0 Å². The van der Waals surface area contributed by atoms with Crippen LogP contribution in [0, 0.1) is 4.77 Å². The van der Waals surface area contributed by atoms with Crippen molar-refractivity contribution in [2.24, 2.45) is 0 Å². The summed E-state index contributed by atoms with van der Waals surface area (Å²) in [5.74, 6) is 0. The van der Waals surface area contributed by atoms with Gasteiger partial charge in [-0.15, -0.1) is 0 Å². The van der Waals surface area contributed by atoms with Gasteiger partial charge in [-0.2, -0.15) is 0 Å². The molecule has 0 aliphatic rings. The van der Waals surface area contributed by atoms with Crippen LogP contribution in [0.5, 0.6) is 0 Å². The van der Waals surface area contributed by atoms with Crippen LogP contribution < -0.4 is 5.56 Å². The second kappa shape index (κ2) is 6.30. The minimum Gasteiger partial charge on any atom is -0.336 e. The molecular formula is C14H15BrN2OS. The maximum Gasteiger partial charge on any atom is 0.255 e. The van der Waals surface area contributed by atoms with E-state index in [1.807, 2.05) is 24.3 Å². The zero-order valence-electron chi connectivity index (χ0n) is 10.6. The number of halogens is 1. The Morgan fingerprint density at radius 3 is 2.68 bits per heavy atom. The molecule has 3 nitrogen and oxygen atoms in total. The third kappa shape index (κ3) is 3.42. The monoisotopic (exact) mass is 338 g/mol. The average molecular weight is 339 g/mol. The van der Waals surface area contributed by atoms with Gasteiger partial charge in [-0.3, -0.25) is 9.78 Å². The third-order valence-electron chi connectivity index (χ3n) is 2.95. The molecule has 0 saturated carbocycles. The Kier molecular flexibility index (Phi) is 4.71. The van der Waals surface area contributed by atoms with Crippen molar-refractivity contribution in [3.05, 3.63) is 60.7 Å². The standard InChI is InChI=1S/C14H15BrN2OS/c1-2-5-12-10(13(18)17-14(19)16-12)8-9-6-3-4-7-11(9)15/h3-4,6-7H,2,5,8H2,1H3,(H2,16,17,18,19). The highest BCUT2D eigenvalue weighted by Crippen LogP contribution is 2.19. The fourth-order valence-corrected chi connectivity index (χ4v) is 2.68. The largest absolute Gasteiger partial charge is 0.336 e. The summed E-state index contributed by atoms with van der Waals surface area (Å²) in [5.41, 5.74) is 2.70. The summed E-state index contributed by atoms with van der Waals surface area (Å²) in [6, 6.07) is 7.93. The van der Waals surface area contributed by atoms with Gasteiger partial charge in [-0.1, -0.05) is 47.5 Å². The molecule has 2 rings (SSSR count). The number of aromatic amines is 2. The first kappa shape index (κ1) is 14.2. The number of rotatable bonds is 4. The summed E-state index contributed by atoms with van der Waals surface area (Å²) in [4.78, 5) is 17.9. The third-order valence-corrected chi connectivity index (χ3v) is 3.93. The molecule has 0 bridgehead atoms. The molecule has 0 radical (unpaired) electrons.